The average molecular weight is 707 g/mol. The van der Waals surface area contributed by atoms with E-state index in [1.165, 1.54) is 5.57 Å². The van der Waals surface area contributed by atoms with Gasteiger partial charge in [0.15, 0.2) is 0 Å². The first-order valence-electron chi connectivity index (χ1n) is 16.8. The molecular formula is C42H44O6P2. The van der Waals surface area contributed by atoms with Gasteiger partial charge in [0.2, 0.25) is 0 Å². The molecule has 1 atom stereocenters. The molecule has 6 rings (SSSR count). The van der Waals surface area contributed by atoms with Gasteiger partial charge < -0.3 is 27.1 Å². The van der Waals surface area contributed by atoms with Gasteiger partial charge in [-0.2, -0.15) is 0 Å². The Hall–Kier alpha value is -4.50. The highest BCUT2D eigenvalue weighted by Crippen LogP contribution is 2.51. The Morgan fingerprint density at radius 3 is 1.18 bits per heavy atom. The SMILES string of the molecule is CC1=CCCC(C)=C1OP(Oc1c(C)cccc1C)Oc1ccc(OP(Oc2c(C)cccc2C)Oc2c(C)cccc2C)c2ccccc12. The first-order chi connectivity index (χ1) is 24.1. The molecule has 0 heterocycles. The highest BCUT2D eigenvalue weighted by Gasteiger charge is 2.28. The van der Waals surface area contributed by atoms with Crippen LogP contribution in [0, 0.1) is 41.5 Å². The molecule has 1 aliphatic rings. The Morgan fingerprint density at radius 1 is 0.420 bits per heavy atom. The summed E-state index contributed by atoms with van der Waals surface area (Å²) in [4.78, 5) is 0. The lowest BCUT2D eigenvalue weighted by molar-refractivity contribution is 0.330. The Bertz CT molecular complexity index is 1970. The summed E-state index contributed by atoms with van der Waals surface area (Å²) in [5.41, 5.74) is 8.32. The van der Waals surface area contributed by atoms with E-state index in [4.69, 9.17) is 27.1 Å². The summed E-state index contributed by atoms with van der Waals surface area (Å²) in [5.74, 6) is 4.32. The monoisotopic (exact) mass is 706 g/mol. The molecule has 0 aliphatic heterocycles. The normalized spacial score (nSPS) is 13.6. The lowest BCUT2D eigenvalue weighted by Gasteiger charge is -2.25. The third-order valence-corrected chi connectivity index (χ3v) is 10.8. The predicted molar refractivity (Wildman–Crippen MR) is 205 cm³/mol. The van der Waals surface area contributed by atoms with E-state index in [-0.39, 0.29) is 0 Å². The molecule has 0 fully saturated rings. The molecule has 8 heteroatoms. The highest BCUT2D eigenvalue weighted by atomic mass is 31.2. The summed E-state index contributed by atoms with van der Waals surface area (Å²) >= 11 is 0. The first-order valence-corrected chi connectivity index (χ1v) is 19.0. The van der Waals surface area contributed by atoms with Crippen molar-refractivity contribution < 1.29 is 27.1 Å². The molecule has 0 amide bonds. The quantitative estimate of drug-likeness (QED) is 0.120. The van der Waals surface area contributed by atoms with Gasteiger partial charge in [-0.25, -0.2) is 0 Å². The Balaban J connectivity index is 1.36. The molecule has 50 heavy (non-hydrogen) atoms. The molecule has 5 aromatic rings. The largest absolute Gasteiger partial charge is 0.530 e. The second-order valence-electron chi connectivity index (χ2n) is 12.8. The minimum atomic E-state index is -1.92. The molecule has 6 nitrogen and oxygen atoms in total. The molecule has 1 unspecified atom stereocenters. The van der Waals surface area contributed by atoms with Crippen LogP contribution in [0.2, 0.25) is 0 Å². The number of rotatable bonds is 12. The molecule has 0 spiro atoms. The maximum absolute atomic E-state index is 6.70. The third kappa shape index (κ3) is 7.94. The van der Waals surface area contributed by atoms with Crippen LogP contribution in [0.1, 0.15) is 60.1 Å². The summed E-state index contributed by atoms with van der Waals surface area (Å²) in [5, 5.41) is 1.70. The van der Waals surface area contributed by atoms with E-state index >= 15 is 0 Å². The molecule has 0 aromatic heterocycles. The van der Waals surface area contributed by atoms with Crippen LogP contribution in [-0.4, -0.2) is 0 Å². The fraction of sp³-hybridized carbons (Fsp3) is 0.238. The van der Waals surface area contributed by atoms with Crippen LogP contribution in [0.3, 0.4) is 0 Å². The van der Waals surface area contributed by atoms with Crippen LogP contribution in [0.25, 0.3) is 10.8 Å². The summed E-state index contributed by atoms with van der Waals surface area (Å²) in [6.07, 6.45) is 4.14. The van der Waals surface area contributed by atoms with Crippen molar-refractivity contribution in [2.75, 3.05) is 0 Å². The number of hydrogen-bond donors (Lipinski definition) is 0. The lowest BCUT2D eigenvalue weighted by Crippen LogP contribution is -2.07. The van der Waals surface area contributed by atoms with Crippen molar-refractivity contribution in [3.05, 3.63) is 147 Å². The maximum Gasteiger partial charge on any atom is 0.530 e. The number of fused-ring (bicyclic) bond motifs is 1. The van der Waals surface area contributed by atoms with E-state index in [0.717, 1.165) is 85.6 Å². The van der Waals surface area contributed by atoms with Crippen LogP contribution < -0.4 is 22.6 Å². The van der Waals surface area contributed by atoms with Gasteiger partial charge in [-0.3, -0.25) is 0 Å². The van der Waals surface area contributed by atoms with E-state index in [1.54, 1.807) is 0 Å². The minimum absolute atomic E-state index is 0.613. The number of para-hydroxylation sites is 3. The van der Waals surface area contributed by atoms with Gasteiger partial charge in [0.1, 0.15) is 34.5 Å². The molecule has 0 radical (unpaired) electrons. The number of hydrogen-bond acceptors (Lipinski definition) is 6. The number of aryl methyl sites for hydroxylation is 6. The van der Waals surface area contributed by atoms with Crippen LogP contribution in [-0.2, 0) is 4.52 Å². The summed E-state index contributed by atoms with van der Waals surface area (Å²) < 4.78 is 39.7. The van der Waals surface area contributed by atoms with Crippen molar-refractivity contribution in [1.29, 1.82) is 0 Å². The fourth-order valence-electron chi connectivity index (χ4n) is 6.00. The molecule has 1 aliphatic carbocycles. The van der Waals surface area contributed by atoms with Gasteiger partial charge in [-0.1, -0.05) is 84.9 Å². The van der Waals surface area contributed by atoms with Gasteiger partial charge >= 0.3 is 17.2 Å². The first kappa shape index (κ1) is 35.3. The molecule has 0 saturated carbocycles. The maximum atomic E-state index is 6.70. The number of benzene rings is 5. The van der Waals surface area contributed by atoms with E-state index in [0.29, 0.717) is 11.5 Å². The van der Waals surface area contributed by atoms with Crippen molar-refractivity contribution >= 4 is 28.0 Å². The predicted octanol–water partition coefficient (Wildman–Crippen LogP) is 13.2. The average Bonchev–Trinajstić information content (AvgIpc) is 3.08. The Morgan fingerprint density at radius 2 is 0.800 bits per heavy atom. The number of allylic oxidation sites excluding steroid dienone is 3. The lowest BCUT2D eigenvalue weighted by atomic mass is 10.00. The Labute approximate surface area is 298 Å². The zero-order valence-electron chi connectivity index (χ0n) is 30.0. The van der Waals surface area contributed by atoms with Crippen LogP contribution in [0.15, 0.2) is 114 Å². The summed E-state index contributed by atoms with van der Waals surface area (Å²) in [7, 11) is -3.80. The van der Waals surface area contributed by atoms with Crippen LogP contribution in [0.5, 0.6) is 28.7 Å². The van der Waals surface area contributed by atoms with Crippen molar-refractivity contribution in [2.45, 2.75) is 68.2 Å². The molecular weight excluding hydrogens is 662 g/mol. The molecule has 0 N–H and O–H groups in total. The van der Waals surface area contributed by atoms with E-state index in [1.807, 2.05) is 133 Å². The zero-order chi connectivity index (χ0) is 35.4. The molecule has 0 saturated heterocycles. The van der Waals surface area contributed by atoms with Crippen molar-refractivity contribution in [2.24, 2.45) is 0 Å². The van der Waals surface area contributed by atoms with Gasteiger partial charge in [-0.15, -0.1) is 0 Å². The zero-order valence-corrected chi connectivity index (χ0v) is 31.8. The second-order valence-corrected chi connectivity index (χ2v) is 14.8. The van der Waals surface area contributed by atoms with Crippen LogP contribution >= 0.6 is 17.2 Å². The van der Waals surface area contributed by atoms with E-state index in [9.17, 15) is 0 Å². The topological polar surface area (TPSA) is 55.4 Å². The van der Waals surface area contributed by atoms with Gasteiger partial charge in [-0.05, 0) is 125 Å². The summed E-state index contributed by atoms with van der Waals surface area (Å²) in [6.45, 7) is 16.4. The van der Waals surface area contributed by atoms with E-state index in [2.05, 4.69) is 19.9 Å². The Kier molecular flexibility index (Phi) is 11.0. The highest BCUT2D eigenvalue weighted by molar-refractivity contribution is 7.43. The van der Waals surface area contributed by atoms with Crippen molar-refractivity contribution in [3.8, 4) is 28.7 Å². The molecule has 5 aromatic carbocycles. The second kappa shape index (κ2) is 15.6. The van der Waals surface area contributed by atoms with Crippen molar-refractivity contribution in [1.82, 2.24) is 0 Å². The van der Waals surface area contributed by atoms with E-state index < -0.39 is 17.2 Å². The van der Waals surface area contributed by atoms with Gasteiger partial charge in [0, 0.05) is 10.8 Å². The van der Waals surface area contributed by atoms with Crippen molar-refractivity contribution in [3.63, 3.8) is 0 Å². The van der Waals surface area contributed by atoms with Crippen LogP contribution in [0.4, 0.5) is 0 Å². The fourth-order valence-corrected chi connectivity index (χ4v) is 8.62. The third-order valence-electron chi connectivity index (χ3n) is 8.80. The molecule has 258 valence electrons. The molecule has 0 bridgehead atoms. The minimum Gasteiger partial charge on any atom is -0.408 e. The smallest absolute Gasteiger partial charge is 0.408 e. The van der Waals surface area contributed by atoms with Gasteiger partial charge in [0.05, 0.1) is 0 Å². The summed E-state index contributed by atoms with van der Waals surface area (Å²) in [6, 6.07) is 30.0. The standard InChI is InChI=1S/C42H44O6P2/c1-27-15-11-16-28(2)39(27)45-49(46-40-29(3)17-12-18-30(40)4)43-37-25-26-38(36-24-10-9-23-35(36)37)44-50(47-41-31(5)19-13-20-32(41)6)48-42-33(7)21-14-22-34(42)8/h9-13,15-21,23-26H,14,22H2,1-8H3. The van der Waals surface area contributed by atoms with Gasteiger partial charge in [0.25, 0.3) is 0 Å².